The topological polar surface area (TPSA) is 77.2 Å². The molecule has 5 nitrogen and oxygen atoms in total. The molecule has 1 heterocycles. The van der Waals surface area contributed by atoms with Crippen LogP contribution in [0.3, 0.4) is 0 Å². The summed E-state index contributed by atoms with van der Waals surface area (Å²) >= 11 is 3.36. The summed E-state index contributed by atoms with van der Waals surface area (Å²) < 4.78 is 6.38. The first-order chi connectivity index (χ1) is 10.0. The minimum Gasteiger partial charge on any atom is -0.493 e. The number of carbonyl (C=O) groups excluding carboxylic acids is 1. The summed E-state index contributed by atoms with van der Waals surface area (Å²) in [6.07, 6.45) is 0.251. The Morgan fingerprint density at radius 3 is 2.67 bits per heavy atom. The molecule has 0 radical (unpaired) electrons. The van der Waals surface area contributed by atoms with Gasteiger partial charge in [-0.25, -0.2) is 4.98 Å². The third kappa shape index (κ3) is 4.75. The van der Waals surface area contributed by atoms with E-state index in [9.17, 15) is 4.79 Å². The molecule has 21 heavy (non-hydrogen) atoms. The zero-order valence-corrected chi connectivity index (χ0v) is 13.2. The molecule has 0 saturated heterocycles. The van der Waals surface area contributed by atoms with Gasteiger partial charge in [0.05, 0.1) is 18.7 Å². The predicted octanol–water partition coefficient (Wildman–Crippen LogP) is 3.14. The number of nitrogens with two attached hydrogens (primary N) is 1. The Labute approximate surface area is 131 Å². The maximum atomic E-state index is 11.8. The fourth-order valence-corrected chi connectivity index (χ4v) is 1.87. The van der Waals surface area contributed by atoms with Crippen molar-refractivity contribution >= 4 is 33.3 Å². The fraction of sp³-hybridized carbons (Fsp3) is 0.200. The summed E-state index contributed by atoms with van der Waals surface area (Å²) in [4.78, 5) is 16.0. The molecule has 1 aromatic carbocycles. The van der Waals surface area contributed by atoms with Crippen LogP contribution >= 0.6 is 15.9 Å². The Balaban J connectivity index is 1.79. The minimum atomic E-state index is -0.139. The van der Waals surface area contributed by atoms with Crippen molar-refractivity contribution in [1.29, 1.82) is 0 Å². The molecule has 0 bridgehead atoms. The zero-order valence-electron chi connectivity index (χ0n) is 11.6. The summed E-state index contributed by atoms with van der Waals surface area (Å²) in [7, 11) is 0. The van der Waals surface area contributed by atoms with E-state index in [0.717, 1.165) is 10.2 Å². The highest BCUT2D eigenvalue weighted by Gasteiger charge is 2.05. The van der Waals surface area contributed by atoms with E-state index in [4.69, 9.17) is 10.5 Å². The maximum absolute atomic E-state index is 11.8. The number of pyridine rings is 1. The van der Waals surface area contributed by atoms with E-state index in [-0.39, 0.29) is 12.3 Å². The normalized spacial score (nSPS) is 10.2. The SMILES string of the molecule is Cc1nc(NC(=O)CCOc2ccc(N)cc2)ccc1Br. The number of aryl methyl sites for hydroxylation is 1. The summed E-state index contributed by atoms with van der Waals surface area (Å²) in [5.41, 5.74) is 7.08. The lowest BCUT2D eigenvalue weighted by atomic mass is 10.3. The lowest BCUT2D eigenvalue weighted by Crippen LogP contribution is -2.16. The van der Waals surface area contributed by atoms with Crippen LogP contribution < -0.4 is 15.8 Å². The standard InChI is InChI=1S/C15H16BrN3O2/c1-10-13(16)6-7-14(18-10)19-15(20)8-9-21-12-4-2-11(17)3-5-12/h2-7H,8-9,17H2,1H3,(H,18,19,20). The number of rotatable bonds is 5. The minimum absolute atomic E-state index is 0.139. The summed E-state index contributed by atoms with van der Waals surface area (Å²) in [5.74, 6) is 1.09. The second kappa shape index (κ2) is 7.08. The van der Waals surface area contributed by atoms with Crippen molar-refractivity contribution in [2.24, 2.45) is 0 Å². The highest BCUT2D eigenvalue weighted by Crippen LogP contribution is 2.16. The molecule has 0 fully saturated rings. The van der Waals surface area contributed by atoms with E-state index >= 15 is 0 Å². The second-order valence-electron chi connectivity index (χ2n) is 4.48. The third-order valence-electron chi connectivity index (χ3n) is 2.77. The molecule has 0 aliphatic heterocycles. The van der Waals surface area contributed by atoms with Crippen molar-refractivity contribution in [3.63, 3.8) is 0 Å². The van der Waals surface area contributed by atoms with E-state index in [0.29, 0.717) is 23.9 Å². The third-order valence-corrected chi connectivity index (χ3v) is 3.60. The Bertz CT molecular complexity index is 629. The van der Waals surface area contributed by atoms with Crippen LogP contribution in [0.2, 0.25) is 0 Å². The van der Waals surface area contributed by atoms with Crippen LogP contribution in [0.5, 0.6) is 5.75 Å². The van der Waals surface area contributed by atoms with E-state index in [1.807, 2.05) is 13.0 Å². The van der Waals surface area contributed by atoms with Crippen LogP contribution in [0.4, 0.5) is 11.5 Å². The molecule has 110 valence electrons. The van der Waals surface area contributed by atoms with E-state index in [2.05, 4.69) is 26.2 Å². The zero-order chi connectivity index (χ0) is 15.2. The Hall–Kier alpha value is -2.08. The first-order valence-electron chi connectivity index (χ1n) is 6.46. The van der Waals surface area contributed by atoms with Gasteiger partial charge in [-0.2, -0.15) is 0 Å². The summed E-state index contributed by atoms with van der Waals surface area (Å²) in [5, 5.41) is 2.73. The van der Waals surface area contributed by atoms with Gasteiger partial charge in [0.15, 0.2) is 0 Å². The highest BCUT2D eigenvalue weighted by atomic mass is 79.9. The quantitative estimate of drug-likeness (QED) is 0.813. The number of nitrogen functional groups attached to an aromatic ring is 1. The molecule has 0 aliphatic rings. The predicted molar refractivity (Wildman–Crippen MR) is 86.3 cm³/mol. The summed E-state index contributed by atoms with van der Waals surface area (Å²) in [6.45, 7) is 2.16. The van der Waals surface area contributed by atoms with Gasteiger partial charge in [-0.1, -0.05) is 0 Å². The molecule has 0 unspecified atom stereocenters. The molecule has 0 atom stereocenters. The van der Waals surface area contributed by atoms with Crippen LogP contribution in [-0.2, 0) is 4.79 Å². The number of nitrogens with zero attached hydrogens (tertiary/aromatic N) is 1. The monoisotopic (exact) mass is 349 g/mol. The van der Waals surface area contributed by atoms with Crippen molar-refractivity contribution in [1.82, 2.24) is 4.98 Å². The Morgan fingerprint density at radius 2 is 2.00 bits per heavy atom. The fourth-order valence-electron chi connectivity index (χ4n) is 1.64. The molecule has 1 aromatic heterocycles. The molecule has 0 saturated carbocycles. The molecule has 2 rings (SSSR count). The van der Waals surface area contributed by atoms with Crippen molar-refractivity contribution < 1.29 is 9.53 Å². The number of halogens is 1. The second-order valence-corrected chi connectivity index (χ2v) is 5.33. The number of aromatic nitrogens is 1. The van der Waals surface area contributed by atoms with E-state index in [1.165, 1.54) is 0 Å². The number of benzene rings is 1. The van der Waals surface area contributed by atoms with Gasteiger partial charge in [-0.05, 0) is 59.3 Å². The van der Waals surface area contributed by atoms with Crippen LogP contribution in [-0.4, -0.2) is 17.5 Å². The van der Waals surface area contributed by atoms with E-state index in [1.54, 1.807) is 30.3 Å². The number of ether oxygens (including phenoxy) is 1. The smallest absolute Gasteiger partial charge is 0.228 e. The number of carbonyl (C=O) groups is 1. The van der Waals surface area contributed by atoms with Gasteiger partial charge in [0.25, 0.3) is 0 Å². The van der Waals surface area contributed by atoms with Crippen LogP contribution in [0.15, 0.2) is 40.9 Å². The van der Waals surface area contributed by atoms with Crippen LogP contribution in [0.25, 0.3) is 0 Å². The van der Waals surface area contributed by atoms with Crippen molar-refractivity contribution in [3.05, 3.63) is 46.6 Å². The maximum Gasteiger partial charge on any atom is 0.228 e. The van der Waals surface area contributed by atoms with Crippen LogP contribution in [0.1, 0.15) is 12.1 Å². The van der Waals surface area contributed by atoms with Gasteiger partial charge in [-0.15, -0.1) is 0 Å². The number of nitrogens with one attached hydrogen (secondary N) is 1. The average molecular weight is 350 g/mol. The van der Waals surface area contributed by atoms with Gasteiger partial charge in [-0.3, -0.25) is 4.79 Å². The summed E-state index contributed by atoms with van der Waals surface area (Å²) in [6, 6.07) is 10.6. The Morgan fingerprint density at radius 1 is 1.29 bits per heavy atom. The lowest BCUT2D eigenvalue weighted by Gasteiger charge is -2.08. The molecular weight excluding hydrogens is 334 g/mol. The number of amides is 1. The van der Waals surface area contributed by atoms with Crippen LogP contribution in [0, 0.1) is 6.92 Å². The molecule has 2 aromatic rings. The number of hydrogen-bond donors (Lipinski definition) is 2. The van der Waals surface area contributed by atoms with Crippen molar-refractivity contribution in [2.45, 2.75) is 13.3 Å². The largest absolute Gasteiger partial charge is 0.493 e. The lowest BCUT2D eigenvalue weighted by molar-refractivity contribution is -0.116. The molecule has 0 spiro atoms. The highest BCUT2D eigenvalue weighted by molar-refractivity contribution is 9.10. The number of hydrogen-bond acceptors (Lipinski definition) is 4. The molecule has 1 amide bonds. The number of anilines is 2. The molecule has 6 heteroatoms. The van der Waals surface area contributed by atoms with Gasteiger partial charge in [0.2, 0.25) is 5.91 Å². The average Bonchev–Trinajstić information content (AvgIpc) is 2.45. The Kier molecular flexibility index (Phi) is 5.16. The molecular formula is C15H16BrN3O2. The van der Waals surface area contributed by atoms with Crippen molar-refractivity contribution in [3.8, 4) is 5.75 Å². The van der Waals surface area contributed by atoms with Crippen molar-refractivity contribution in [2.75, 3.05) is 17.7 Å². The van der Waals surface area contributed by atoms with E-state index < -0.39 is 0 Å². The van der Waals surface area contributed by atoms with Gasteiger partial charge in [0.1, 0.15) is 11.6 Å². The van der Waals surface area contributed by atoms with Gasteiger partial charge in [0, 0.05) is 10.2 Å². The van der Waals surface area contributed by atoms with Gasteiger partial charge >= 0.3 is 0 Å². The first kappa shape index (κ1) is 15.3. The molecule has 3 N–H and O–H groups in total. The van der Waals surface area contributed by atoms with Gasteiger partial charge < -0.3 is 15.8 Å². The first-order valence-corrected chi connectivity index (χ1v) is 7.25. The molecule has 0 aliphatic carbocycles.